The van der Waals surface area contributed by atoms with E-state index in [1.165, 1.54) is 12.7 Å². The number of rotatable bonds is 4. The van der Waals surface area contributed by atoms with Gasteiger partial charge in [0, 0.05) is 28.7 Å². The van der Waals surface area contributed by atoms with Crippen LogP contribution in [0.4, 0.5) is 0 Å². The molecule has 0 saturated heterocycles. The van der Waals surface area contributed by atoms with E-state index in [0.717, 1.165) is 16.6 Å². The molecule has 0 fully saturated rings. The van der Waals surface area contributed by atoms with E-state index in [2.05, 4.69) is 21.4 Å². The number of ketones is 1. The van der Waals surface area contributed by atoms with Crippen LogP contribution in [0.2, 0.25) is 0 Å². The van der Waals surface area contributed by atoms with Crippen LogP contribution >= 0.6 is 0 Å². The maximum absolute atomic E-state index is 12.2. The summed E-state index contributed by atoms with van der Waals surface area (Å²) in [6.07, 6.45) is 0. The number of Topliss-reactive ketones (excluding diaryl/α,β-unsaturated/α-hetero) is 1. The quantitative estimate of drug-likeness (QED) is 0.422. The van der Waals surface area contributed by atoms with Crippen LogP contribution in [0.3, 0.4) is 0 Å². The highest BCUT2D eigenvalue weighted by atomic mass is 16.5. The van der Waals surface area contributed by atoms with Crippen molar-refractivity contribution in [3.05, 3.63) is 71.4 Å². The minimum Gasteiger partial charge on any atom is -0.463 e. The molecule has 0 amide bonds. The molecule has 0 aliphatic heterocycles. The van der Waals surface area contributed by atoms with Crippen LogP contribution in [-0.2, 0) is 16.1 Å². The van der Waals surface area contributed by atoms with Gasteiger partial charge in [0.2, 0.25) is 0 Å². The Morgan fingerprint density at radius 3 is 2.48 bits per heavy atom. The molecule has 116 valence electrons. The average Bonchev–Trinajstić information content (AvgIpc) is 2.90. The zero-order valence-corrected chi connectivity index (χ0v) is 13.1. The first kappa shape index (κ1) is 15.0. The van der Waals surface area contributed by atoms with Crippen LogP contribution in [0, 0.1) is 6.92 Å². The fourth-order valence-electron chi connectivity index (χ4n) is 2.79. The Hall–Kier alpha value is -2.88. The Labute approximate surface area is 134 Å². The highest BCUT2D eigenvalue weighted by Gasteiger charge is 2.20. The van der Waals surface area contributed by atoms with Crippen LogP contribution in [-0.4, -0.2) is 23.4 Å². The van der Waals surface area contributed by atoms with Crippen molar-refractivity contribution >= 4 is 22.7 Å². The molecule has 23 heavy (non-hydrogen) atoms. The maximum Gasteiger partial charge on any atom is 0.379 e. The Bertz CT molecular complexity index is 878. The van der Waals surface area contributed by atoms with Gasteiger partial charge in [0.05, 0.1) is 7.11 Å². The Kier molecular flexibility index (Phi) is 3.98. The fraction of sp³-hybridized carbons (Fsp3) is 0.158. The Morgan fingerprint density at radius 2 is 1.78 bits per heavy atom. The van der Waals surface area contributed by atoms with Gasteiger partial charge in [-0.1, -0.05) is 42.5 Å². The van der Waals surface area contributed by atoms with Crippen molar-refractivity contribution in [1.29, 1.82) is 0 Å². The number of hydrogen-bond acceptors (Lipinski definition) is 3. The second-order valence-corrected chi connectivity index (χ2v) is 5.42. The summed E-state index contributed by atoms with van der Waals surface area (Å²) >= 11 is 0. The number of methoxy groups -OCH3 is 1. The summed E-state index contributed by atoms with van der Waals surface area (Å²) in [6, 6.07) is 17.5. The van der Waals surface area contributed by atoms with Gasteiger partial charge in [-0.05, 0) is 24.6 Å². The summed E-state index contributed by atoms with van der Waals surface area (Å²) in [4.78, 5) is 23.7. The lowest BCUT2D eigenvalue weighted by molar-refractivity contribution is -0.135. The van der Waals surface area contributed by atoms with Gasteiger partial charge in [-0.3, -0.25) is 4.79 Å². The summed E-state index contributed by atoms with van der Waals surface area (Å²) in [5.41, 5.74) is 3.53. The molecule has 0 saturated carbocycles. The Balaban J connectivity index is 2.10. The summed E-state index contributed by atoms with van der Waals surface area (Å²) in [6.45, 7) is 2.71. The summed E-state index contributed by atoms with van der Waals surface area (Å²) in [5.74, 6) is -1.46. The molecule has 0 bridgehead atoms. The van der Waals surface area contributed by atoms with Gasteiger partial charge in [0.25, 0.3) is 5.78 Å². The van der Waals surface area contributed by atoms with E-state index in [0.29, 0.717) is 12.1 Å². The van der Waals surface area contributed by atoms with E-state index >= 15 is 0 Å². The maximum atomic E-state index is 12.2. The van der Waals surface area contributed by atoms with Crippen LogP contribution in [0.25, 0.3) is 10.9 Å². The molecule has 0 spiro atoms. The van der Waals surface area contributed by atoms with Gasteiger partial charge in [-0.15, -0.1) is 0 Å². The number of benzene rings is 2. The van der Waals surface area contributed by atoms with Crippen molar-refractivity contribution in [2.45, 2.75) is 13.5 Å². The molecule has 4 nitrogen and oxygen atoms in total. The first-order valence-corrected chi connectivity index (χ1v) is 7.37. The third-order valence-corrected chi connectivity index (χ3v) is 3.95. The average molecular weight is 307 g/mol. The number of aromatic nitrogens is 1. The van der Waals surface area contributed by atoms with Crippen molar-refractivity contribution in [1.82, 2.24) is 4.57 Å². The van der Waals surface area contributed by atoms with Crippen LogP contribution in [0.1, 0.15) is 21.6 Å². The van der Waals surface area contributed by atoms with Gasteiger partial charge < -0.3 is 9.30 Å². The van der Waals surface area contributed by atoms with Crippen LogP contribution in [0.15, 0.2) is 54.6 Å². The second-order valence-electron chi connectivity index (χ2n) is 5.42. The molecule has 1 heterocycles. The number of nitrogens with zero attached hydrogens (tertiary/aromatic N) is 1. The van der Waals surface area contributed by atoms with E-state index < -0.39 is 11.8 Å². The number of hydrogen-bond donors (Lipinski definition) is 0. The summed E-state index contributed by atoms with van der Waals surface area (Å²) in [7, 11) is 1.21. The topological polar surface area (TPSA) is 48.3 Å². The van der Waals surface area contributed by atoms with Gasteiger partial charge >= 0.3 is 5.97 Å². The SMILES string of the molecule is COC(=O)C(=O)c1cccc2c1cc(C)n2Cc1ccccc1. The van der Waals surface area contributed by atoms with E-state index in [9.17, 15) is 9.59 Å². The standard InChI is InChI=1S/C19H17NO3/c1-13-11-16-15(18(21)19(22)23-2)9-6-10-17(16)20(13)12-14-7-4-3-5-8-14/h3-11H,12H2,1-2H3. The lowest BCUT2D eigenvalue weighted by atomic mass is 10.1. The molecule has 3 aromatic rings. The molecule has 0 N–H and O–H groups in total. The number of carbonyl (C=O) groups is 2. The number of fused-ring (bicyclic) bond motifs is 1. The van der Waals surface area contributed by atoms with Gasteiger partial charge in [-0.2, -0.15) is 0 Å². The van der Waals surface area contributed by atoms with Crippen molar-refractivity contribution in [2.24, 2.45) is 0 Å². The molecule has 0 radical (unpaired) electrons. The monoisotopic (exact) mass is 307 g/mol. The summed E-state index contributed by atoms with van der Waals surface area (Å²) < 4.78 is 6.69. The highest BCUT2D eigenvalue weighted by molar-refractivity contribution is 6.42. The van der Waals surface area contributed by atoms with E-state index in [1.54, 1.807) is 12.1 Å². The lowest BCUT2D eigenvalue weighted by Crippen LogP contribution is -2.15. The first-order chi connectivity index (χ1) is 11.1. The highest BCUT2D eigenvalue weighted by Crippen LogP contribution is 2.25. The van der Waals surface area contributed by atoms with Gasteiger partial charge in [0.15, 0.2) is 0 Å². The van der Waals surface area contributed by atoms with Crippen LogP contribution in [0.5, 0.6) is 0 Å². The zero-order valence-electron chi connectivity index (χ0n) is 13.1. The van der Waals surface area contributed by atoms with E-state index in [-0.39, 0.29) is 0 Å². The molecule has 4 heteroatoms. The molecule has 3 rings (SSSR count). The van der Waals surface area contributed by atoms with Crippen molar-refractivity contribution in [3.63, 3.8) is 0 Å². The number of carbonyl (C=O) groups excluding carboxylic acids is 2. The molecule has 2 aromatic carbocycles. The van der Waals surface area contributed by atoms with Crippen molar-refractivity contribution in [3.8, 4) is 0 Å². The first-order valence-electron chi connectivity index (χ1n) is 7.37. The zero-order chi connectivity index (χ0) is 16.4. The Morgan fingerprint density at radius 1 is 1.04 bits per heavy atom. The summed E-state index contributed by atoms with van der Waals surface area (Å²) in [5, 5.41) is 0.774. The smallest absolute Gasteiger partial charge is 0.379 e. The van der Waals surface area contributed by atoms with Gasteiger partial charge in [0.1, 0.15) is 0 Å². The van der Waals surface area contributed by atoms with Crippen molar-refractivity contribution < 1.29 is 14.3 Å². The molecular weight excluding hydrogens is 290 g/mol. The minimum absolute atomic E-state index is 0.379. The largest absolute Gasteiger partial charge is 0.463 e. The van der Waals surface area contributed by atoms with E-state index in [4.69, 9.17) is 0 Å². The molecule has 0 aliphatic rings. The number of ether oxygens (including phenoxy) is 1. The predicted molar refractivity (Wildman–Crippen MR) is 88.6 cm³/mol. The third kappa shape index (κ3) is 2.75. The third-order valence-electron chi connectivity index (χ3n) is 3.95. The molecule has 0 aliphatic carbocycles. The van der Waals surface area contributed by atoms with Crippen LogP contribution < -0.4 is 0 Å². The predicted octanol–water partition coefficient (Wildman–Crippen LogP) is 3.35. The molecule has 0 atom stereocenters. The fourth-order valence-corrected chi connectivity index (χ4v) is 2.79. The number of aryl methyl sites for hydroxylation is 1. The molecular formula is C19H17NO3. The molecule has 1 aromatic heterocycles. The van der Waals surface area contributed by atoms with Crippen molar-refractivity contribution in [2.75, 3.05) is 7.11 Å². The second kappa shape index (κ2) is 6.08. The van der Waals surface area contributed by atoms with E-state index in [1.807, 2.05) is 37.3 Å². The van der Waals surface area contributed by atoms with Gasteiger partial charge in [-0.25, -0.2) is 4.79 Å². The number of esters is 1. The molecule has 0 unspecified atom stereocenters. The normalized spacial score (nSPS) is 10.7. The minimum atomic E-state index is -0.842. The lowest BCUT2D eigenvalue weighted by Gasteiger charge is -2.09.